The minimum atomic E-state index is 0. The van der Waals surface area contributed by atoms with E-state index in [-0.39, 0.29) is 6.90 Å². The van der Waals surface area contributed by atoms with Gasteiger partial charge in [-0.15, -0.1) is 0 Å². The van der Waals surface area contributed by atoms with E-state index in [1.807, 2.05) is 39.0 Å². The first-order valence-corrected chi connectivity index (χ1v) is 5.34. The fraction of sp³-hybridized carbons (Fsp3) is 0.286. The van der Waals surface area contributed by atoms with Gasteiger partial charge in [-0.05, 0) is 25.0 Å². The van der Waals surface area contributed by atoms with Gasteiger partial charge in [0.25, 0.3) is 0 Å². The second-order valence-electron chi connectivity index (χ2n) is 3.04. The van der Waals surface area contributed by atoms with E-state index in [1.54, 1.807) is 0 Å². The molecular formula is C14H25NO. The molecule has 1 rings (SSSR count). The third-order valence-electron chi connectivity index (χ3n) is 2.07. The molecule has 1 aromatic rings. The minimum absolute atomic E-state index is 0. The summed E-state index contributed by atoms with van der Waals surface area (Å²) in [6, 6.07) is 8.16. The van der Waals surface area contributed by atoms with Crippen molar-refractivity contribution < 1.29 is 6.90 Å². The summed E-state index contributed by atoms with van der Waals surface area (Å²) in [5, 5.41) is 0. The molecule has 0 heterocycles. The van der Waals surface area contributed by atoms with Gasteiger partial charge in [0.05, 0.1) is 0 Å². The number of hydrogen-bond acceptors (Lipinski definition) is 1. The second-order valence-corrected chi connectivity index (χ2v) is 3.04. The Labute approximate surface area is 100 Å². The van der Waals surface area contributed by atoms with Gasteiger partial charge in [0, 0.05) is 12.7 Å². The van der Waals surface area contributed by atoms with Crippen LogP contribution in [0.15, 0.2) is 42.6 Å². The number of benzene rings is 1. The van der Waals surface area contributed by atoms with Crippen LogP contribution < -0.4 is 5.73 Å². The van der Waals surface area contributed by atoms with Crippen LogP contribution in [-0.2, 0) is 0 Å². The molecule has 0 amide bonds. The molecule has 0 bridgehead atoms. The van der Waals surface area contributed by atoms with Crippen molar-refractivity contribution >= 4 is 5.57 Å². The molecule has 0 saturated carbocycles. The molecule has 2 heteroatoms. The number of nitrogens with two attached hydrogens (primary N) is 1. The van der Waals surface area contributed by atoms with Crippen LogP contribution in [-0.4, -0.2) is 5.48 Å². The van der Waals surface area contributed by atoms with Crippen LogP contribution >= 0.6 is 0 Å². The number of aryl methyl sites for hydroxylation is 1. The third-order valence-corrected chi connectivity index (χ3v) is 2.07. The first kappa shape index (κ1) is 16.9. The van der Waals surface area contributed by atoms with E-state index in [2.05, 4.69) is 25.6 Å². The highest BCUT2D eigenvalue weighted by Gasteiger charge is 2.03. The van der Waals surface area contributed by atoms with E-state index < -0.39 is 0 Å². The van der Waals surface area contributed by atoms with E-state index in [4.69, 9.17) is 5.73 Å². The Kier molecular flexibility index (Phi) is 9.22. The summed E-state index contributed by atoms with van der Waals surface area (Å²) in [4.78, 5) is 0. The van der Waals surface area contributed by atoms with Crippen LogP contribution in [0.5, 0.6) is 0 Å². The molecule has 0 radical (unpaired) electrons. The predicted octanol–water partition coefficient (Wildman–Crippen LogP) is 3.32. The third kappa shape index (κ3) is 4.32. The summed E-state index contributed by atoms with van der Waals surface area (Å²) in [7, 11) is 0. The highest BCUT2D eigenvalue weighted by Crippen LogP contribution is 2.21. The molecule has 0 aliphatic rings. The van der Waals surface area contributed by atoms with Crippen molar-refractivity contribution in [3.63, 3.8) is 0 Å². The SMILES string of the molecule is C=C(N)/C(=C/C)c1ccccc1C.CC.O.[HH]. The molecule has 0 aliphatic heterocycles. The molecule has 2 nitrogen and oxygen atoms in total. The highest BCUT2D eigenvalue weighted by molar-refractivity contribution is 5.78. The van der Waals surface area contributed by atoms with Crippen molar-refractivity contribution in [1.29, 1.82) is 0 Å². The van der Waals surface area contributed by atoms with E-state index in [0.29, 0.717) is 5.70 Å². The van der Waals surface area contributed by atoms with Gasteiger partial charge >= 0.3 is 0 Å². The Morgan fingerprint density at radius 3 is 2.19 bits per heavy atom. The van der Waals surface area contributed by atoms with Gasteiger partial charge in [0.2, 0.25) is 0 Å². The standard InChI is InChI=1S/C12H15N.C2H6.H2O.H2/c1-4-11(10(3)13)12-8-6-5-7-9(12)2;1-2;;/h4-8H,3,13H2,1-2H3;1-2H3;1H2;1H/b11-4-;;;. The van der Waals surface area contributed by atoms with Crippen molar-refractivity contribution in [2.75, 3.05) is 0 Å². The Bertz CT molecular complexity index is 359. The molecule has 16 heavy (non-hydrogen) atoms. The summed E-state index contributed by atoms with van der Waals surface area (Å²) in [6.45, 7) is 11.8. The number of allylic oxidation sites excluding steroid dienone is 2. The van der Waals surface area contributed by atoms with Gasteiger partial charge < -0.3 is 11.2 Å². The zero-order chi connectivity index (χ0) is 11.8. The average Bonchev–Trinajstić information content (AvgIpc) is 2.24. The van der Waals surface area contributed by atoms with E-state index >= 15 is 0 Å². The normalized spacial score (nSPS) is 9.62. The van der Waals surface area contributed by atoms with Crippen molar-refractivity contribution in [3.05, 3.63) is 53.7 Å². The van der Waals surface area contributed by atoms with Crippen molar-refractivity contribution in [2.45, 2.75) is 27.7 Å². The largest absolute Gasteiger partial charge is 0.412 e. The number of rotatable bonds is 2. The molecule has 92 valence electrons. The fourth-order valence-corrected chi connectivity index (χ4v) is 1.39. The Hall–Kier alpha value is -1.54. The molecule has 0 saturated heterocycles. The molecule has 1 aromatic carbocycles. The summed E-state index contributed by atoms with van der Waals surface area (Å²) in [6.07, 6.45) is 1.99. The Morgan fingerprint density at radius 2 is 1.81 bits per heavy atom. The maximum absolute atomic E-state index is 5.69. The van der Waals surface area contributed by atoms with Crippen molar-refractivity contribution in [1.82, 2.24) is 0 Å². The fourth-order valence-electron chi connectivity index (χ4n) is 1.39. The Morgan fingerprint density at radius 1 is 1.31 bits per heavy atom. The molecule has 0 unspecified atom stereocenters. The van der Waals surface area contributed by atoms with E-state index in [9.17, 15) is 0 Å². The van der Waals surface area contributed by atoms with Gasteiger partial charge in [-0.25, -0.2) is 0 Å². The summed E-state index contributed by atoms with van der Waals surface area (Å²) < 4.78 is 0. The van der Waals surface area contributed by atoms with Crippen LogP contribution in [0.4, 0.5) is 0 Å². The Balaban J connectivity index is -0.000000464. The zero-order valence-electron chi connectivity index (χ0n) is 10.7. The predicted molar refractivity (Wildman–Crippen MR) is 75.2 cm³/mol. The summed E-state index contributed by atoms with van der Waals surface area (Å²) in [5.74, 6) is 0. The van der Waals surface area contributed by atoms with Crippen molar-refractivity contribution in [3.8, 4) is 0 Å². The molecular weight excluding hydrogens is 198 g/mol. The maximum Gasteiger partial charge on any atom is 0.0317 e. The smallest absolute Gasteiger partial charge is 0.0317 e. The first-order chi connectivity index (χ1) is 7.16. The minimum Gasteiger partial charge on any atom is -0.412 e. The lowest BCUT2D eigenvalue weighted by atomic mass is 9.99. The van der Waals surface area contributed by atoms with Gasteiger partial charge in [-0.2, -0.15) is 0 Å². The molecule has 0 fully saturated rings. The second kappa shape index (κ2) is 8.74. The quantitative estimate of drug-likeness (QED) is 0.768. The van der Waals surface area contributed by atoms with Crippen LogP contribution in [0.3, 0.4) is 0 Å². The molecule has 0 spiro atoms. The molecule has 0 aromatic heterocycles. The lowest BCUT2D eigenvalue weighted by Crippen LogP contribution is -1.99. The summed E-state index contributed by atoms with van der Waals surface area (Å²) >= 11 is 0. The van der Waals surface area contributed by atoms with Crippen LogP contribution in [0, 0.1) is 6.92 Å². The lowest BCUT2D eigenvalue weighted by molar-refractivity contribution is 0.824. The van der Waals surface area contributed by atoms with E-state index in [0.717, 1.165) is 11.1 Å². The van der Waals surface area contributed by atoms with Crippen molar-refractivity contribution in [2.24, 2.45) is 5.73 Å². The van der Waals surface area contributed by atoms with E-state index in [1.165, 1.54) is 5.56 Å². The number of hydrogen-bond donors (Lipinski definition) is 1. The van der Waals surface area contributed by atoms with Crippen LogP contribution in [0.2, 0.25) is 0 Å². The molecule has 0 aliphatic carbocycles. The highest BCUT2D eigenvalue weighted by atomic mass is 16.0. The average molecular weight is 223 g/mol. The molecule has 4 N–H and O–H groups in total. The maximum atomic E-state index is 5.69. The van der Waals surface area contributed by atoms with Gasteiger partial charge in [-0.3, -0.25) is 0 Å². The molecule has 0 atom stereocenters. The van der Waals surface area contributed by atoms with Gasteiger partial charge in [0.15, 0.2) is 0 Å². The summed E-state index contributed by atoms with van der Waals surface area (Å²) in [5.41, 5.74) is 9.72. The first-order valence-electron chi connectivity index (χ1n) is 5.34. The van der Waals surface area contributed by atoms with Crippen LogP contribution in [0.1, 0.15) is 33.3 Å². The monoisotopic (exact) mass is 223 g/mol. The van der Waals surface area contributed by atoms with Crippen LogP contribution in [0.25, 0.3) is 5.57 Å². The van der Waals surface area contributed by atoms with Gasteiger partial charge in [0.1, 0.15) is 0 Å². The van der Waals surface area contributed by atoms with Gasteiger partial charge in [-0.1, -0.05) is 50.8 Å². The zero-order valence-corrected chi connectivity index (χ0v) is 10.7. The topological polar surface area (TPSA) is 57.5 Å². The lowest BCUT2D eigenvalue weighted by Gasteiger charge is -2.09.